The van der Waals surface area contributed by atoms with Crippen LogP contribution >= 0.6 is 0 Å². The third-order valence-corrected chi connectivity index (χ3v) is 6.64. The standard InChI is InChI=1S/C26H23F3N8/c27-26(28,29)22-10-14-37-16-21(31-25(37)32-22)18-6-4-17(5-7-18)15-36-12-8-19(9-13-36)23-33-24(35-34-23)20-3-1-2-11-30-20/h1-7,10-11,14,16,19H,8-9,12-13,15H2,(H,33,34,35). The normalized spacial score (nSPS) is 15.4. The number of nitrogens with one attached hydrogen (secondary N) is 1. The van der Waals surface area contributed by atoms with E-state index in [-0.39, 0.29) is 5.78 Å². The number of H-pyrrole nitrogens is 1. The zero-order chi connectivity index (χ0) is 25.4. The number of imidazole rings is 1. The number of likely N-dealkylation sites (tertiary alicyclic amines) is 1. The summed E-state index contributed by atoms with van der Waals surface area (Å²) in [5, 5.41) is 7.43. The molecular formula is C26H23F3N8. The summed E-state index contributed by atoms with van der Waals surface area (Å²) in [7, 11) is 0. The van der Waals surface area contributed by atoms with Crippen LogP contribution in [0.15, 0.2) is 67.1 Å². The molecule has 37 heavy (non-hydrogen) atoms. The number of halogens is 3. The summed E-state index contributed by atoms with van der Waals surface area (Å²) in [6, 6.07) is 14.6. The molecule has 1 aliphatic heterocycles. The van der Waals surface area contributed by atoms with Crippen LogP contribution in [0, 0.1) is 0 Å². The highest BCUT2D eigenvalue weighted by atomic mass is 19.4. The SMILES string of the molecule is FC(F)(F)c1ccn2cc(-c3ccc(CN4CCC(c5nc(-c6ccccn6)n[nH]5)CC4)cc3)nc2n1. The Morgan fingerprint density at radius 3 is 2.46 bits per heavy atom. The molecule has 188 valence electrons. The van der Waals surface area contributed by atoms with E-state index >= 15 is 0 Å². The number of aromatic nitrogens is 7. The lowest BCUT2D eigenvalue weighted by molar-refractivity contribution is -0.141. The molecule has 0 unspecified atom stereocenters. The van der Waals surface area contributed by atoms with Gasteiger partial charge >= 0.3 is 6.18 Å². The quantitative estimate of drug-likeness (QED) is 0.364. The second-order valence-corrected chi connectivity index (χ2v) is 9.15. The van der Waals surface area contributed by atoms with Gasteiger partial charge in [0, 0.05) is 36.6 Å². The Morgan fingerprint density at radius 2 is 1.73 bits per heavy atom. The van der Waals surface area contributed by atoms with Crippen LogP contribution in [0.2, 0.25) is 0 Å². The second-order valence-electron chi connectivity index (χ2n) is 9.15. The predicted octanol–water partition coefficient (Wildman–Crippen LogP) is 4.97. The Labute approximate surface area is 210 Å². The number of benzene rings is 1. The Hall–Kier alpha value is -4.12. The van der Waals surface area contributed by atoms with Crippen molar-refractivity contribution in [2.75, 3.05) is 13.1 Å². The lowest BCUT2D eigenvalue weighted by Crippen LogP contribution is -2.32. The van der Waals surface area contributed by atoms with E-state index in [2.05, 4.69) is 35.0 Å². The largest absolute Gasteiger partial charge is 0.433 e. The first kappa shape index (κ1) is 23.3. The van der Waals surface area contributed by atoms with E-state index in [9.17, 15) is 13.2 Å². The van der Waals surface area contributed by atoms with E-state index in [0.29, 0.717) is 17.4 Å². The highest BCUT2D eigenvalue weighted by molar-refractivity contribution is 5.61. The first-order chi connectivity index (χ1) is 17.9. The van der Waals surface area contributed by atoms with Gasteiger partial charge < -0.3 is 0 Å². The number of hydrogen-bond donors (Lipinski definition) is 1. The smallest absolute Gasteiger partial charge is 0.299 e. The first-order valence-electron chi connectivity index (χ1n) is 12.0. The third kappa shape index (κ3) is 4.94. The van der Waals surface area contributed by atoms with Crippen LogP contribution in [-0.4, -0.2) is 52.5 Å². The molecule has 1 N–H and O–H groups in total. The van der Waals surface area contributed by atoms with E-state index in [1.165, 1.54) is 16.2 Å². The molecule has 4 aromatic heterocycles. The lowest BCUT2D eigenvalue weighted by atomic mass is 9.95. The minimum atomic E-state index is -4.50. The van der Waals surface area contributed by atoms with Crippen molar-refractivity contribution in [1.82, 2.24) is 39.4 Å². The molecule has 5 aromatic rings. The monoisotopic (exact) mass is 504 g/mol. The average Bonchev–Trinajstić information content (AvgIpc) is 3.57. The molecular weight excluding hydrogens is 481 g/mol. The predicted molar refractivity (Wildman–Crippen MR) is 130 cm³/mol. The van der Waals surface area contributed by atoms with Crippen LogP contribution in [0.1, 0.15) is 35.8 Å². The summed E-state index contributed by atoms with van der Waals surface area (Å²) in [6.45, 7) is 2.72. The van der Waals surface area contributed by atoms with Crippen molar-refractivity contribution in [1.29, 1.82) is 0 Å². The summed E-state index contributed by atoms with van der Waals surface area (Å²) in [4.78, 5) is 19.3. The minimum Gasteiger partial charge on any atom is -0.299 e. The van der Waals surface area contributed by atoms with Crippen LogP contribution in [0.25, 0.3) is 28.6 Å². The van der Waals surface area contributed by atoms with Crippen molar-refractivity contribution in [2.45, 2.75) is 31.5 Å². The summed E-state index contributed by atoms with van der Waals surface area (Å²) in [5.41, 5.74) is 2.39. The van der Waals surface area contributed by atoms with E-state index in [1.807, 2.05) is 42.5 Å². The molecule has 6 rings (SSSR count). The van der Waals surface area contributed by atoms with Gasteiger partial charge in [-0.15, -0.1) is 0 Å². The molecule has 0 saturated carbocycles. The minimum absolute atomic E-state index is 0.0238. The van der Waals surface area contributed by atoms with Gasteiger partial charge in [0.25, 0.3) is 0 Å². The molecule has 0 aliphatic carbocycles. The highest BCUT2D eigenvalue weighted by Gasteiger charge is 2.33. The van der Waals surface area contributed by atoms with E-state index in [4.69, 9.17) is 0 Å². The second kappa shape index (κ2) is 9.40. The van der Waals surface area contributed by atoms with Gasteiger partial charge in [0.15, 0.2) is 5.82 Å². The van der Waals surface area contributed by atoms with Gasteiger partial charge in [-0.1, -0.05) is 30.3 Å². The number of rotatable bonds is 5. The van der Waals surface area contributed by atoms with Crippen molar-refractivity contribution in [2.24, 2.45) is 0 Å². The number of aromatic amines is 1. The lowest BCUT2D eigenvalue weighted by Gasteiger charge is -2.30. The molecule has 11 heteroatoms. The van der Waals surface area contributed by atoms with Crippen molar-refractivity contribution in [3.05, 3.63) is 84.2 Å². The molecule has 0 radical (unpaired) electrons. The Bertz CT molecular complexity index is 1500. The molecule has 1 fully saturated rings. The Kier molecular flexibility index (Phi) is 5.91. The fourth-order valence-electron chi connectivity index (χ4n) is 4.64. The van der Waals surface area contributed by atoms with Gasteiger partial charge in [0.1, 0.15) is 17.2 Å². The molecule has 1 saturated heterocycles. The van der Waals surface area contributed by atoms with Gasteiger partial charge in [0.05, 0.1) is 5.69 Å². The maximum absolute atomic E-state index is 12.9. The van der Waals surface area contributed by atoms with Crippen molar-refractivity contribution >= 4 is 5.78 Å². The van der Waals surface area contributed by atoms with Gasteiger partial charge in [-0.3, -0.25) is 19.4 Å². The van der Waals surface area contributed by atoms with E-state index in [0.717, 1.165) is 55.6 Å². The molecule has 0 atom stereocenters. The molecule has 0 bridgehead atoms. The first-order valence-corrected chi connectivity index (χ1v) is 12.0. The summed E-state index contributed by atoms with van der Waals surface area (Å²) in [5.74, 6) is 1.90. The van der Waals surface area contributed by atoms with Crippen molar-refractivity contribution in [3.8, 4) is 22.8 Å². The van der Waals surface area contributed by atoms with Crippen LogP contribution in [0.5, 0.6) is 0 Å². The summed E-state index contributed by atoms with van der Waals surface area (Å²) >= 11 is 0. The van der Waals surface area contributed by atoms with Crippen LogP contribution < -0.4 is 0 Å². The average molecular weight is 505 g/mol. The summed E-state index contributed by atoms with van der Waals surface area (Å²) in [6.07, 6.45) is 2.23. The topological polar surface area (TPSA) is 87.9 Å². The number of piperidine rings is 1. The zero-order valence-electron chi connectivity index (χ0n) is 19.7. The number of hydrogen-bond acceptors (Lipinski definition) is 6. The Balaban J connectivity index is 1.07. The van der Waals surface area contributed by atoms with Crippen LogP contribution in [0.4, 0.5) is 13.2 Å². The van der Waals surface area contributed by atoms with Gasteiger partial charge in [0.2, 0.25) is 5.78 Å². The zero-order valence-corrected chi connectivity index (χ0v) is 19.7. The molecule has 0 amide bonds. The number of nitrogens with zero attached hydrogens (tertiary/aromatic N) is 7. The molecule has 8 nitrogen and oxygen atoms in total. The number of fused-ring (bicyclic) bond motifs is 1. The van der Waals surface area contributed by atoms with E-state index in [1.54, 1.807) is 12.4 Å². The number of alkyl halides is 3. The van der Waals surface area contributed by atoms with E-state index < -0.39 is 11.9 Å². The Morgan fingerprint density at radius 1 is 0.919 bits per heavy atom. The van der Waals surface area contributed by atoms with Gasteiger partial charge in [-0.2, -0.15) is 18.3 Å². The third-order valence-electron chi connectivity index (χ3n) is 6.64. The van der Waals surface area contributed by atoms with Crippen LogP contribution in [-0.2, 0) is 12.7 Å². The van der Waals surface area contributed by atoms with Gasteiger partial charge in [-0.25, -0.2) is 15.0 Å². The van der Waals surface area contributed by atoms with Crippen molar-refractivity contribution in [3.63, 3.8) is 0 Å². The number of pyridine rings is 1. The van der Waals surface area contributed by atoms with Crippen molar-refractivity contribution < 1.29 is 13.2 Å². The maximum Gasteiger partial charge on any atom is 0.433 e. The summed E-state index contributed by atoms with van der Waals surface area (Å²) < 4.78 is 40.3. The highest BCUT2D eigenvalue weighted by Crippen LogP contribution is 2.29. The van der Waals surface area contributed by atoms with Crippen LogP contribution in [0.3, 0.4) is 0 Å². The fourth-order valence-corrected chi connectivity index (χ4v) is 4.64. The molecule has 1 aliphatic rings. The fraction of sp³-hybridized carbons (Fsp3) is 0.269. The molecule has 5 heterocycles. The molecule has 1 aromatic carbocycles. The van der Waals surface area contributed by atoms with Gasteiger partial charge in [-0.05, 0) is 49.7 Å². The molecule has 0 spiro atoms. The maximum atomic E-state index is 12.9.